The minimum absolute atomic E-state index is 0.0863. The normalized spacial score (nSPS) is 15.3. The van der Waals surface area contributed by atoms with Gasteiger partial charge in [-0.05, 0) is 42.7 Å². The molecule has 168 valence electrons. The predicted octanol–water partition coefficient (Wildman–Crippen LogP) is 4.16. The molecule has 0 bridgehead atoms. The molecule has 0 atom stereocenters. The molecular weight excluding hydrogens is 426 g/mol. The minimum atomic E-state index is -0.162. The van der Waals surface area contributed by atoms with Gasteiger partial charge < -0.3 is 19.3 Å². The molecule has 1 N–H and O–H groups in total. The van der Waals surface area contributed by atoms with Gasteiger partial charge in [-0.2, -0.15) is 4.98 Å². The van der Waals surface area contributed by atoms with E-state index in [4.69, 9.17) is 14.0 Å². The Morgan fingerprint density at radius 1 is 1.16 bits per heavy atom. The quantitative estimate of drug-likeness (QED) is 0.513. The van der Waals surface area contributed by atoms with E-state index in [1.54, 1.807) is 14.0 Å². The Hall–Kier alpha value is -2.84. The maximum Gasteiger partial charge on any atom is 0.252 e. The molecule has 2 heterocycles. The molecule has 7 nitrogen and oxygen atoms in total. The molecule has 1 aliphatic rings. The molecule has 0 aliphatic carbocycles. The SMILES string of the molecule is COc1ccc(C2(CNC(=O)c3ccccc3SCc3noc(C)n3)CCOCC2)cc1. The van der Waals surface area contributed by atoms with Gasteiger partial charge in [-0.3, -0.25) is 4.79 Å². The molecule has 1 amide bonds. The van der Waals surface area contributed by atoms with Crippen molar-refractivity contribution in [3.05, 3.63) is 71.4 Å². The van der Waals surface area contributed by atoms with Crippen LogP contribution < -0.4 is 10.1 Å². The molecule has 2 aromatic carbocycles. The standard InChI is InChI=1S/C24H27N3O4S/c1-17-26-22(27-31-17)15-32-21-6-4-3-5-20(21)23(28)25-16-24(11-13-30-14-12-24)18-7-9-19(29-2)10-8-18/h3-10H,11-16H2,1-2H3,(H,25,28). The van der Waals surface area contributed by atoms with Gasteiger partial charge in [0.2, 0.25) is 5.89 Å². The van der Waals surface area contributed by atoms with E-state index in [9.17, 15) is 4.79 Å². The van der Waals surface area contributed by atoms with Gasteiger partial charge in [0.25, 0.3) is 5.91 Å². The van der Waals surface area contributed by atoms with Crippen molar-refractivity contribution >= 4 is 17.7 Å². The number of thioether (sulfide) groups is 1. The van der Waals surface area contributed by atoms with Crippen molar-refractivity contribution < 1.29 is 18.8 Å². The van der Waals surface area contributed by atoms with E-state index < -0.39 is 0 Å². The lowest BCUT2D eigenvalue weighted by Crippen LogP contribution is -2.44. The number of carbonyl (C=O) groups excluding carboxylic acids is 1. The summed E-state index contributed by atoms with van der Waals surface area (Å²) in [6.45, 7) is 3.67. The van der Waals surface area contributed by atoms with E-state index >= 15 is 0 Å². The van der Waals surface area contributed by atoms with Crippen LogP contribution in [0.5, 0.6) is 5.75 Å². The molecule has 3 aromatic rings. The molecule has 0 saturated carbocycles. The van der Waals surface area contributed by atoms with Crippen molar-refractivity contribution in [2.24, 2.45) is 0 Å². The monoisotopic (exact) mass is 453 g/mol. The molecule has 0 spiro atoms. The molecule has 1 aliphatic heterocycles. The zero-order chi connectivity index (χ0) is 22.4. The average molecular weight is 454 g/mol. The van der Waals surface area contributed by atoms with Gasteiger partial charge in [-0.1, -0.05) is 29.4 Å². The van der Waals surface area contributed by atoms with Crippen LogP contribution in [0.4, 0.5) is 0 Å². The lowest BCUT2D eigenvalue weighted by molar-refractivity contribution is 0.0487. The molecule has 32 heavy (non-hydrogen) atoms. The Balaban J connectivity index is 1.47. The average Bonchev–Trinajstić information content (AvgIpc) is 3.27. The molecule has 4 rings (SSSR count). The highest BCUT2D eigenvalue weighted by molar-refractivity contribution is 7.98. The van der Waals surface area contributed by atoms with Gasteiger partial charge >= 0.3 is 0 Å². The number of rotatable bonds is 8. The maximum absolute atomic E-state index is 13.2. The van der Waals surface area contributed by atoms with E-state index in [0.29, 0.717) is 42.8 Å². The first-order chi connectivity index (χ1) is 15.6. The van der Waals surface area contributed by atoms with Crippen LogP contribution >= 0.6 is 11.8 Å². The van der Waals surface area contributed by atoms with Gasteiger partial charge in [0.15, 0.2) is 5.82 Å². The summed E-state index contributed by atoms with van der Waals surface area (Å²) in [5, 5.41) is 7.12. The van der Waals surface area contributed by atoms with Crippen LogP contribution in [0.15, 0.2) is 57.9 Å². The summed E-state index contributed by atoms with van der Waals surface area (Å²) in [4.78, 5) is 18.3. The second-order valence-corrected chi connectivity index (χ2v) is 8.84. The van der Waals surface area contributed by atoms with Crippen LogP contribution in [0.1, 0.15) is 40.5 Å². The molecular formula is C24H27N3O4S. The first kappa shape index (κ1) is 22.4. The van der Waals surface area contributed by atoms with E-state index in [-0.39, 0.29) is 11.3 Å². The molecule has 0 radical (unpaired) electrons. The number of carbonyl (C=O) groups is 1. The maximum atomic E-state index is 13.2. The van der Waals surface area contributed by atoms with E-state index in [2.05, 4.69) is 27.6 Å². The van der Waals surface area contributed by atoms with Crippen molar-refractivity contribution in [3.63, 3.8) is 0 Å². The second kappa shape index (κ2) is 10.2. The van der Waals surface area contributed by atoms with E-state index in [0.717, 1.165) is 23.5 Å². The molecule has 8 heteroatoms. The summed E-state index contributed by atoms with van der Waals surface area (Å²) in [6.07, 6.45) is 1.71. The van der Waals surface area contributed by atoms with Gasteiger partial charge in [-0.15, -0.1) is 11.8 Å². The third kappa shape index (κ3) is 5.14. The Morgan fingerprint density at radius 2 is 1.91 bits per heavy atom. The highest BCUT2D eigenvalue weighted by Crippen LogP contribution is 2.35. The van der Waals surface area contributed by atoms with Crippen molar-refractivity contribution in [1.29, 1.82) is 0 Å². The number of aryl methyl sites for hydroxylation is 1. The lowest BCUT2D eigenvalue weighted by Gasteiger charge is -2.38. The Morgan fingerprint density at radius 3 is 2.59 bits per heavy atom. The third-order valence-electron chi connectivity index (χ3n) is 5.80. The van der Waals surface area contributed by atoms with Crippen molar-refractivity contribution in [2.45, 2.75) is 35.8 Å². The Kier molecular flexibility index (Phi) is 7.12. The first-order valence-electron chi connectivity index (χ1n) is 10.6. The minimum Gasteiger partial charge on any atom is -0.497 e. The molecule has 1 aromatic heterocycles. The Bertz CT molecular complexity index is 1050. The number of hydrogen-bond donors (Lipinski definition) is 1. The number of benzene rings is 2. The molecule has 1 saturated heterocycles. The highest BCUT2D eigenvalue weighted by Gasteiger charge is 2.35. The summed E-state index contributed by atoms with van der Waals surface area (Å²) in [6, 6.07) is 15.7. The number of ether oxygens (including phenoxy) is 2. The first-order valence-corrected chi connectivity index (χ1v) is 11.6. The fraction of sp³-hybridized carbons (Fsp3) is 0.375. The number of amides is 1. The van der Waals surface area contributed by atoms with Crippen LogP contribution in [0.25, 0.3) is 0 Å². The topological polar surface area (TPSA) is 86.5 Å². The van der Waals surface area contributed by atoms with Crippen molar-refractivity contribution in [1.82, 2.24) is 15.5 Å². The van der Waals surface area contributed by atoms with Crippen LogP contribution in [0.2, 0.25) is 0 Å². The number of methoxy groups -OCH3 is 1. The van der Waals surface area contributed by atoms with Gasteiger partial charge in [-0.25, -0.2) is 0 Å². The largest absolute Gasteiger partial charge is 0.497 e. The van der Waals surface area contributed by atoms with Crippen molar-refractivity contribution in [3.8, 4) is 5.75 Å². The van der Waals surface area contributed by atoms with Gasteiger partial charge in [0, 0.05) is 37.0 Å². The number of aromatic nitrogens is 2. The number of hydrogen-bond acceptors (Lipinski definition) is 7. The number of nitrogens with zero attached hydrogens (tertiary/aromatic N) is 2. The summed E-state index contributed by atoms with van der Waals surface area (Å²) in [7, 11) is 1.66. The van der Waals surface area contributed by atoms with E-state index in [1.165, 1.54) is 17.3 Å². The zero-order valence-electron chi connectivity index (χ0n) is 18.3. The summed E-state index contributed by atoms with van der Waals surface area (Å²) in [5.74, 6) is 2.42. The fourth-order valence-electron chi connectivity index (χ4n) is 3.94. The van der Waals surface area contributed by atoms with Gasteiger partial charge in [0.05, 0.1) is 18.4 Å². The van der Waals surface area contributed by atoms with Gasteiger partial charge in [0.1, 0.15) is 5.75 Å². The van der Waals surface area contributed by atoms with E-state index in [1.807, 2.05) is 36.4 Å². The fourth-order valence-corrected chi connectivity index (χ4v) is 4.83. The number of nitrogens with one attached hydrogen (secondary N) is 1. The van der Waals surface area contributed by atoms with Crippen LogP contribution in [-0.4, -0.2) is 42.9 Å². The third-order valence-corrected chi connectivity index (χ3v) is 6.87. The Labute approximate surface area is 191 Å². The molecule has 1 fully saturated rings. The second-order valence-electron chi connectivity index (χ2n) is 7.82. The van der Waals surface area contributed by atoms with Crippen LogP contribution in [0.3, 0.4) is 0 Å². The predicted molar refractivity (Wildman–Crippen MR) is 122 cm³/mol. The summed E-state index contributed by atoms with van der Waals surface area (Å²) < 4.78 is 16.0. The highest BCUT2D eigenvalue weighted by atomic mass is 32.2. The van der Waals surface area contributed by atoms with Crippen LogP contribution in [-0.2, 0) is 15.9 Å². The molecule has 0 unspecified atom stereocenters. The zero-order valence-corrected chi connectivity index (χ0v) is 19.1. The lowest BCUT2D eigenvalue weighted by atomic mass is 9.74. The summed E-state index contributed by atoms with van der Waals surface area (Å²) >= 11 is 1.52. The summed E-state index contributed by atoms with van der Waals surface area (Å²) in [5.41, 5.74) is 1.68. The smallest absolute Gasteiger partial charge is 0.252 e. The van der Waals surface area contributed by atoms with Crippen molar-refractivity contribution in [2.75, 3.05) is 26.9 Å². The van der Waals surface area contributed by atoms with Crippen LogP contribution in [0, 0.1) is 6.92 Å².